The number of hydrogen-bond donors (Lipinski definition) is 1. The lowest BCUT2D eigenvalue weighted by Crippen LogP contribution is -2.43. The van der Waals surface area contributed by atoms with Crippen molar-refractivity contribution in [3.63, 3.8) is 0 Å². The highest BCUT2D eigenvalue weighted by Gasteiger charge is 2.49. The van der Waals surface area contributed by atoms with Crippen LogP contribution in [0.3, 0.4) is 0 Å². The molecule has 0 bridgehead atoms. The van der Waals surface area contributed by atoms with Crippen LogP contribution in [0.1, 0.15) is 16.8 Å². The van der Waals surface area contributed by atoms with Crippen LogP contribution < -0.4 is 9.47 Å². The first-order valence-corrected chi connectivity index (χ1v) is 9.53. The number of ether oxygens (including phenoxy) is 3. The predicted octanol–water partition coefficient (Wildman–Crippen LogP) is 2.96. The van der Waals surface area contributed by atoms with Gasteiger partial charge in [0, 0.05) is 30.7 Å². The molecule has 6 nitrogen and oxygen atoms in total. The van der Waals surface area contributed by atoms with Crippen LogP contribution in [0.2, 0.25) is 0 Å². The van der Waals surface area contributed by atoms with E-state index < -0.39 is 0 Å². The minimum absolute atomic E-state index is 0.0155. The summed E-state index contributed by atoms with van der Waals surface area (Å²) in [5.74, 6) is 2.42. The molecule has 2 saturated heterocycles. The summed E-state index contributed by atoms with van der Waals surface area (Å²) in [6, 6.07) is 14.5. The summed E-state index contributed by atoms with van der Waals surface area (Å²) in [7, 11) is 1.62. The quantitative estimate of drug-likeness (QED) is 0.860. The maximum absolute atomic E-state index is 12.9. The highest BCUT2D eigenvalue weighted by atomic mass is 16.5. The Kier molecular flexibility index (Phi) is 5.24. The molecule has 0 unspecified atom stereocenters. The van der Waals surface area contributed by atoms with E-state index in [-0.39, 0.29) is 17.9 Å². The average Bonchev–Trinajstić information content (AvgIpc) is 3.15. The second kappa shape index (κ2) is 7.81. The van der Waals surface area contributed by atoms with Gasteiger partial charge in [0.05, 0.1) is 20.3 Å². The van der Waals surface area contributed by atoms with Crippen LogP contribution in [0, 0.1) is 11.3 Å². The Morgan fingerprint density at radius 2 is 1.79 bits per heavy atom. The molecule has 148 valence electrons. The number of amides is 1. The zero-order valence-electron chi connectivity index (χ0n) is 16.0. The van der Waals surface area contributed by atoms with Gasteiger partial charge in [-0.1, -0.05) is 0 Å². The molecule has 1 amide bonds. The number of nitrogens with zero attached hydrogens (tertiary/aromatic N) is 1. The lowest BCUT2D eigenvalue weighted by Gasteiger charge is -2.36. The van der Waals surface area contributed by atoms with Gasteiger partial charge < -0.3 is 24.2 Å². The van der Waals surface area contributed by atoms with Gasteiger partial charge in [-0.15, -0.1) is 0 Å². The Hall–Kier alpha value is -2.57. The molecule has 6 heteroatoms. The number of benzene rings is 2. The predicted molar refractivity (Wildman–Crippen MR) is 104 cm³/mol. The maximum Gasteiger partial charge on any atom is 0.253 e. The summed E-state index contributed by atoms with van der Waals surface area (Å²) >= 11 is 0. The van der Waals surface area contributed by atoms with Crippen LogP contribution in [-0.2, 0) is 4.74 Å². The SMILES string of the molecule is COc1ccc(Oc2ccc(C(=O)N3C[C@@H]4CCOC[C@]4(CO)C3)cc2)cc1. The van der Waals surface area contributed by atoms with Crippen molar-refractivity contribution >= 4 is 5.91 Å². The number of methoxy groups -OCH3 is 1. The number of carbonyl (C=O) groups is 1. The summed E-state index contributed by atoms with van der Waals surface area (Å²) in [6.45, 7) is 2.48. The first kappa shape index (κ1) is 18.8. The fraction of sp³-hybridized carbons (Fsp3) is 0.409. The van der Waals surface area contributed by atoms with Crippen molar-refractivity contribution in [2.75, 3.05) is 40.0 Å². The van der Waals surface area contributed by atoms with Gasteiger partial charge in [0.1, 0.15) is 17.2 Å². The van der Waals surface area contributed by atoms with E-state index in [1.807, 2.05) is 29.2 Å². The Labute approximate surface area is 164 Å². The lowest BCUT2D eigenvalue weighted by atomic mass is 9.76. The number of hydrogen-bond acceptors (Lipinski definition) is 5. The molecule has 1 N–H and O–H groups in total. The summed E-state index contributed by atoms with van der Waals surface area (Å²) in [6.07, 6.45) is 0.888. The number of aliphatic hydroxyl groups is 1. The average molecular weight is 383 g/mol. The molecule has 2 aromatic rings. The first-order chi connectivity index (χ1) is 13.6. The highest BCUT2D eigenvalue weighted by molar-refractivity contribution is 5.94. The van der Waals surface area contributed by atoms with E-state index in [0.717, 1.165) is 12.2 Å². The molecule has 4 rings (SSSR count). The Balaban J connectivity index is 1.42. The Morgan fingerprint density at radius 3 is 2.39 bits per heavy atom. The topological polar surface area (TPSA) is 68.2 Å². The molecule has 2 heterocycles. The van der Waals surface area contributed by atoms with E-state index in [1.54, 1.807) is 31.4 Å². The number of likely N-dealkylation sites (tertiary alicyclic amines) is 1. The smallest absolute Gasteiger partial charge is 0.253 e. The molecular formula is C22H25NO5. The third-order valence-electron chi connectivity index (χ3n) is 5.81. The van der Waals surface area contributed by atoms with E-state index in [1.165, 1.54) is 0 Å². The van der Waals surface area contributed by atoms with E-state index >= 15 is 0 Å². The summed E-state index contributed by atoms with van der Waals surface area (Å²) < 4.78 is 16.5. The van der Waals surface area contributed by atoms with Gasteiger partial charge in [0.2, 0.25) is 0 Å². The molecule has 2 aliphatic rings. The molecule has 0 spiro atoms. The van der Waals surface area contributed by atoms with Gasteiger partial charge >= 0.3 is 0 Å². The van der Waals surface area contributed by atoms with E-state index in [9.17, 15) is 9.90 Å². The van der Waals surface area contributed by atoms with Crippen molar-refractivity contribution in [1.82, 2.24) is 4.90 Å². The standard InChI is InChI=1S/C22H25NO5/c1-26-18-6-8-20(9-7-18)28-19-4-2-16(3-5-19)21(25)23-12-17-10-11-27-15-22(17,13-23)14-24/h2-9,17,24H,10-15H2,1H3/t17-,22+/m0/s1. The lowest BCUT2D eigenvalue weighted by molar-refractivity contribution is -0.0556. The summed E-state index contributed by atoms with van der Waals surface area (Å²) in [4.78, 5) is 14.8. The molecule has 0 aliphatic carbocycles. The van der Waals surface area contributed by atoms with Crippen LogP contribution in [0.25, 0.3) is 0 Å². The molecule has 2 atom stereocenters. The third-order valence-corrected chi connectivity index (χ3v) is 5.81. The van der Waals surface area contributed by atoms with Crippen molar-refractivity contribution in [2.45, 2.75) is 6.42 Å². The minimum Gasteiger partial charge on any atom is -0.497 e. The maximum atomic E-state index is 12.9. The van der Waals surface area contributed by atoms with Gasteiger partial charge in [0.15, 0.2) is 0 Å². The molecule has 2 fully saturated rings. The molecular weight excluding hydrogens is 358 g/mol. The minimum atomic E-state index is -0.314. The summed E-state index contributed by atoms with van der Waals surface area (Å²) in [5.41, 5.74) is 0.306. The number of carbonyl (C=O) groups excluding carboxylic acids is 1. The van der Waals surface area contributed by atoms with Gasteiger partial charge in [-0.25, -0.2) is 0 Å². The van der Waals surface area contributed by atoms with Gasteiger partial charge in [-0.05, 0) is 60.9 Å². The van der Waals surface area contributed by atoms with Crippen LogP contribution in [0.5, 0.6) is 17.2 Å². The normalized spacial score (nSPS) is 23.9. The fourth-order valence-electron chi connectivity index (χ4n) is 4.10. The Morgan fingerprint density at radius 1 is 1.14 bits per heavy atom. The molecule has 0 saturated carbocycles. The zero-order chi connectivity index (χ0) is 19.6. The molecule has 0 radical (unpaired) electrons. The third kappa shape index (κ3) is 3.57. The highest BCUT2D eigenvalue weighted by Crippen LogP contribution is 2.41. The first-order valence-electron chi connectivity index (χ1n) is 9.53. The van der Waals surface area contributed by atoms with E-state index in [0.29, 0.717) is 49.3 Å². The number of fused-ring (bicyclic) bond motifs is 1. The van der Waals surface area contributed by atoms with Crippen molar-refractivity contribution in [1.29, 1.82) is 0 Å². The van der Waals surface area contributed by atoms with Crippen molar-refractivity contribution < 1.29 is 24.1 Å². The monoisotopic (exact) mass is 383 g/mol. The van der Waals surface area contributed by atoms with E-state index in [4.69, 9.17) is 14.2 Å². The Bertz CT molecular complexity index is 820. The van der Waals surface area contributed by atoms with Crippen LogP contribution in [0.15, 0.2) is 48.5 Å². The zero-order valence-corrected chi connectivity index (χ0v) is 16.0. The van der Waals surface area contributed by atoms with Gasteiger partial charge in [0.25, 0.3) is 5.91 Å². The van der Waals surface area contributed by atoms with Gasteiger partial charge in [-0.3, -0.25) is 4.79 Å². The molecule has 2 aliphatic heterocycles. The number of rotatable bonds is 5. The van der Waals surface area contributed by atoms with Crippen molar-refractivity contribution in [3.05, 3.63) is 54.1 Å². The fourth-order valence-corrected chi connectivity index (χ4v) is 4.10. The molecule has 2 aromatic carbocycles. The van der Waals surface area contributed by atoms with Gasteiger partial charge in [-0.2, -0.15) is 0 Å². The van der Waals surface area contributed by atoms with Crippen LogP contribution in [0.4, 0.5) is 0 Å². The van der Waals surface area contributed by atoms with Crippen LogP contribution >= 0.6 is 0 Å². The van der Waals surface area contributed by atoms with Crippen molar-refractivity contribution in [3.8, 4) is 17.2 Å². The molecule has 28 heavy (non-hydrogen) atoms. The second-order valence-electron chi connectivity index (χ2n) is 7.55. The van der Waals surface area contributed by atoms with Crippen molar-refractivity contribution in [2.24, 2.45) is 11.3 Å². The van der Waals surface area contributed by atoms with E-state index in [2.05, 4.69) is 0 Å². The largest absolute Gasteiger partial charge is 0.497 e. The van der Waals surface area contributed by atoms with Crippen LogP contribution in [-0.4, -0.2) is 55.9 Å². The molecule has 0 aromatic heterocycles. The number of aliphatic hydroxyl groups excluding tert-OH is 1. The second-order valence-corrected chi connectivity index (χ2v) is 7.55. The summed E-state index contributed by atoms with van der Waals surface area (Å²) in [5, 5.41) is 9.89.